The van der Waals surface area contributed by atoms with Crippen molar-refractivity contribution in [1.29, 1.82) is 0 Å². The van der Waals surface area contributed by atoms with Crippen LogP contribution in [0.25, 0.3) is 0 Å². The van der Waals surface area contributed by atoms with E-state index in [9.17, 15) is 8.78 Å². The molecule has 0 saturated heterocycles. The number of benzene rings is 1. The lowest BCUT2D eigenvalue weighted by Gasteiger charge is -2.32. The van der Waals surface area contributed by atoms with Gasteiger partial charge in [-0.1, -0.05) is 0 Å². The van der Waals surface area contributed by atoms with Crippen LogP contribution in [0.5, 0.6) is 17.2 Å². The molecule has 0 bridgehead atoms. The molecule has 6 heteroatoms. The number of rotatable bonds is 2. The highest BCUT2D eigenvalue weighted by atomic mass is 19.3. The van der Waals surface area contributed by atoms with E-state index in [-0.39, 0.29) is 23.6 Å². The van der Waals surface area contributed by atoms with Crippen molar-refractivity contribution in [1.82, 2.24) is 0 Å². The third-order valence-electron chi connectivity index (χ3n) is 2.81. The summed E-state index contributed by atoms with van der Waals surface area (Å²) in [5.74, 6) is 0.505. The van der Waals surface area contributed by atoms with Gasteiger partial charge in [0.25, 0.3) is 0 Å². The Bertz CT molecular complexity index is 446. The minimum Gasteiger partial charge on any atom is -0.490 e. The first-order valence-corrected chi connectivity index (χ1v) is 5.34. The molecule has 17 heavy (non-hydrogen) atoms. The van der Waals surface area contributed by atoms with Gasteiger partial charge in [-0.25, -0.2) is 0 Å². The van der Waals surface area contributed by atoms with Gasteiger partial charge < -0.3 is 19.9 Å². The van der Waals surface area contributed by atoms with Gasteiger partial charge in [-0.3, -0.25) is 0 Å². The molecule has 2 aliphatic rings. The maximum Gasteiger partial charge on any atom is 0.586 e. The van der Waals surface area contributed by atoms with E-state index in [2.05, 4.69) is 9.47 Å². The second kappa shape index (κ2) is 3.46. The predicted octanol–water partition coefficient (Wildman–Crippen LogP) is 1.88. The number of hydrogen-bond acceptors (Lipinski definition) is 4. The van der Waals surface area contributed by atoms with E-state index in [1.54, 1.807) is 6.07 Å². The Kier molecular flexibility index (Phi) is 2.16. The van der Waals surface area contributed by atoms with Crippen molar-refractivity contribution in [2.24, 2.45) is 5.73 Å². The maximum absolute atomic E-state index is 12.8. The molecule has 1 aromatic carbocycles. The molecule has 0 unspecified atom stereocenters. The van der Waals surface area contributed by atoms with Crippen LogP contribution in [0.4, 0.5) is 8.78 Å². The van der Waals surface area contributed by atoms with Crippen LogP contribution >= 0.6 is 0 Å². The van der Waals surface area contributed by atoms with Crippen molar-refractivity contribution in [3.63, 3.8) is 0 Å². The first kappa shape index (κ1) is 10.6. The summed E-state index contributed by atoms with van der Waals surface area (Å²) >= 11 is 0. The van der Waals surface area contributed by atoms with Gasteiger partial charge in [0.2, 0.25) is 0 Å². The molecule has 4 nitrogen and oxygen atoms in total. The average Bonchev–Trinajstić information content (AvgIpc) is 2.48. The Morgan fingerprint density at radius 1 is 1.24 bits per heavy atom. The van der Waals surface area contributed by atoms with E-state index >= 15 is 0 Å². The topological polar surface area (TPSA) is 53.7 Å². The summed E-state index contributed by atoms with van der Waals surface area (Å²) in [7, 11) is 0. The SMILES string of the molecule is N[C@H]1C[C@H](Oc2ccc3c(c2)OC(F)(F)O3)C1. The van der Waals surface area contributed by atoms with E-state index in [1.165, 1.54) is 12.1 Å². The standard InChI is InChI=1S/C11H11F2NO3/c12-11(13)16-9-2-1-7(5-10(9)17-11)15-8-3-6(14)4-8/h1-2,5-6,8H,3-4,14H2/t6-,8-. The molecule has 1 heterocycles. The first-order chi connectivity index (χ1) is 8.02. The minimum atomic E-state index is -3.58. The molecule has 1 fully saturated rings. The number of fused-ring (bicyclic) bond motifs is 1. The van der Waals surface area contributed by atoms with Crippen molar-refractivity contribution in [3.8, 4) is 17.2 Å². The second-order valence-corrected chi connectivity index (χ2v) is 4.25. The summed E-state index contributed by atoms with van der Waals surface area (Å²) in [5, 5.41) is 0. The van der Waals surface area contributed by atoms with Crippen LogP contribution in [0.1, 0.15) is 12.8 Å². The third kappa shape index (κ3) is 2.00. The van der Waals surface area contributed by atoms with Crippen LogP contribution in [-0.4, -0.2) is 18.4 Å². The third-order valence-corrected chi connectivity index (χ3v) is 2.81. The first-order valence-electron chi connectivity index (χ1n) is 5.34. The van der Waals surface area contributed by atoms with Crippen molar-refractivity contribution in [3.05, 3.63) is 18.2 Å². The van der Waals surface area contributed by atoms with Gasteiger partial charge in [-0.2, -0.15) is 0 Å². The number of alkyl halides is 2. The average molecular weight is 243 g/mol. The highest BCUT2D eigenvalue weighted by molar-refractivity contribution is 5.47. The van der Waals surface area contributed by atoms with Crippen LogP contribution < -0.4 is 19.9 Å². The molecule has 0 radical (unpaired) electrons. The van der Waals surface area contributed by atoms with Crippen LogP contribution in [0, 0.1) is 0 Å². The molecular weight excluding hydrogens is 232 g/mol. The molecule has 1 aliphatic carbocycles. The molecule has 1 aromatic rings. The van der Waals surface area contributed by atoms with Crippen molar-refractivity contribution in [2.75, 3.05) is 0 Å². The zero-order chi connectivity index (χ0) is 12.0. The van der Waals surface area contributed by atoms with Crippen LogP contribution in [0.2, 0.25) is 0 Å². The fourth-order valence-corrected chi connectivity index (χ4v) is 1.90. The summed E-state index contributed by atoms with van der Waals surface area (Å²) < 4.78 is 39.7. The van der Waals surface area contributed by atoms with Gasteiger partial charge in [0, 0.05) is 12.1 Å². The van der Waals surface area contributed by atoms with Gasteiger partial charge in [-0.15, -0.1) is 8.78 Å². The molecule has 2 N–H and O–H groups in total. The smallest absolute Gasteiger partial charge is 0.490 e. The van der Waals surface area contributed by atoms with Gasteiger partial charge in [-0.05, 0) is 25.0 Å². The van der Waals surface area contributed by atoms with Crippen LogP contribution in [-0.2, 0) is 0 Å². The number of nitrogens with two attached hydrogens (primary N) is 1. The molecule has 92 valence electrons. The van der Waals surface area contributed by atoms with Crippen LogP contribution in [0.15, 0.2) is 18.2 Å². The molecule has 1 saturated carbocycles. The Hall–Kier alpha value is -1.56. The fraction of sp³-hybridized carbons (Fsp3) is 0.455. The van der Waals surface area contributed by atoms with Gasteiger partial charge >= 0.3 is 6.29 Å². The summed E-state index contributed by atoms with van der Waals surface area (Å²) in [6.45, 7) is 0. The van der Waals surface area contributed by atoms with Crippen molar-refractivity contribution >= 4 is 0 Å². The predicted molar refractivity (Wildman–Crippen MR) is 54.3 cm³/mol. The number of hydrogen-bond donors (Lipinski definition) is 1. The minimum absolute atomic E-state index is 0.00359. The van der Waals surface area contributed by atoms with Crippen LogP contribution in [0.3, 0.4) is 0 Å². The summed E-state index contributed by atoms with van der Waals surface area (Å²) in [4.78, 5) is 0. The number of halogens is 2. The summed E-state index contributed by atoms with van der Waals surface area (Å²) in [6.07, 6.45) is -1.96. The van der Waals surface area contributed by atoms with E-state index in [1.807, 2.05) is 0 Å². The molecule has 0 atom stereocenters. The van der Waals surface area contributed by atoms with E-state index in [0.29, 0.717) is 5.75 Å². The molecule has 0 spiro atoms. The highest BCUT2D eigenvalue weighted by Crippen LogP contribution is 2.43. The van der Waals surface area contributed by atoms with E-state index in [0.717, 1.165) is 12.8 Å². The second-order valence-electron chi connectivity index (χ2n) is 4.25. The molecule has 0 amide bonds. The largest absolute Gasteiger partial charge is 0.586 e. The Balaban J connectivity index is 1.72. The Morgan fingerprint density at radius 2 is 1.94 bits per heavy atom. The monoisotopic (exact) mass is 243 g/mol. The van der Waals surface area contributed by atoms with Gasteiger partial charge in [0.1, 0.15) is 11.9 Å². The quantitative estimate of drug-likeness (QED) is 0.861. The summed E-state index contributed by atoms with van der Waals surface area (Å²) in [5.41, 5.74) is 5.62. The van der Waals surface area contributed by atoms with Crippen molar-refractivity contribution in [2.45, 2.75) is 31.3 Å². The zero-order valence-electron chi connectivity index (χ0n) is 8.86. The number of ether oxygens (including phenoxy) is 3. The Labute approximate surface area is 96.3 Å². The molecule has 3 rings (SSSR count). The highest BCUT2D eigenvalue weighted by Gasteiger charge is 2.43. The molecule has 1 aliphatic heterocycles. The van der Waals surface area contributed by atoms with Gasteiger partial charge in [0.15, 0.2) is 11.5 Å². The summed E-state index contributed by atoms with van der Waals surface area (Å²) in [6, 6.07) is 4.57. The van der Waals surface area contributed by atoms with Gasteiger partial charge in [0.05, 0.1) is 0 Å². The zero-order valence-corrected chi connectivity index (χ0v) is 8.86. The van der Waals surface area contributed by atoms with Crippen molar-refractivity contribution < 1.29 is 23.0 Å². The fourth-order valence-electron chi connectivity index (χ4n) is 1.90. The molecule has 0 aromatic heterocycles. The lowest BCUT2D eigenvalue weighted by atomic mass is 9.90. The van der Waals surface area contributed by atoms with E-state index in [4.69, 9.17) is 10.5 Å². The maximum atomic E-state index is 12.8. The Morgan fingerprint density at radius 3 is 2.65 bits per heavy atom. The normalized spacial score (nSPS) is 28.6. The lowest BCUT2D eigenvalue weighted by Crippen LogP contribution is -2.43. The lowest BCUT2D eigenvalue weighted by molar-refractivity contribution is -0.286. The molecular formula is C11H11F2NO3. The van der Waals surface area contributed by atoms with E-state index < -0.39 is 6.29 Å².